The van der Waals surface area contributed by atoms with Crippen LogP contribution in [0.4, 0.5) is 0 Å². The van der Waals surface area contributed by atoms with E-state index in [1.807, 2.05) is 18.2 Å². The number of rotatable bonds is 4. The smallest absolute Gasteiger partial charge is 0.258 e. The molecule has 96 valence electrons. The Labute approximate surface area is 124 Å². The van der Waals surface area contributed by atoms with Crippen LogP contribution in [0.2, 0.25) is 5.02 Å². The van der Waals surface area contributed by atoms with Gasteiger partial charge in [-0.15, -0.1) is 0 Å². The molecule has 6 heteroatoms. The lowest BCUT2D eigenvalue weighted by Gasteiger charge is -2.03. The van der Waals surface area contributed by atoms with E-state index in [1.165, 1.54) is 0 Å². The summed E-state index contributed by atoms with van der Waals surface area (Å²) in [4.78, 5) is 4.32. The second-order valence-corrected chi connectivity index (χ2v) is 5.75. The number of aromatic nitrogens is 2. The third-order valence-electron chi connectivity index (χ3n) is 2.30. The maximum absolute atomic E-state index is 6.06. The normalized spacial score (nSPS) is 11.2. The SMILES string of the molecule is CC(C)NCc1noc(-c2ccc(I)c(Cl)c2)n1. The van der Waals surface area contributed by atoms with Gasteiger partial charge < -0.3 is 9.84 Å². The second kappa shape index (κ2) is 5.99. The van der Waals surface area contributed by atoms with Gasteiger partial charge in [-0.2, -0.15) is 4.98 Å². The van der Waals surface area contributed by atoms with Gasteiger partial charge in [-0.1, -0.05) is 30.6 Å². The largest absolute Gasteiger partial charge is 0.334 e. The molecule has 0 atom stereocenters. The van der Waals surface area contributed by atoms with Gasteiger partial charge in [0.25, 0.3) is 5.89 Å². The Balaban J connectivity index is 2.16. The van der Waals surface area contributed by atoms with Crippen LogP contribution in [-0.2, 0) is 6.54 Å². The average Bonchev–Trinajstić information content (AvgIpc) is 2.79. The summed E-state index contributed by atoms with van der Waals surface area (Å²) >= 11 is 8.24. The van der Waals surface area contributed by atoms with E-state index in [9.17, 15) is 0 Å². The predicted molar refractivity (Wildman–Crippen MR) is 79.4 cm³/mol. The quantitative estimate of drug-likeness (QED) is 0.829. The van der Waals surface area contributed by atoms with Gasteiger partial charge in [-0.25, -0.2) is 0 Å². The Hall–Kier alpha value is -0.660. The van der Waals surface area contributed by atoms with Crippen LogP contribution in [0.15, 0.2) is 22.7 Å². The van der Waals surface area contributed by atoms with Crippen molar-refractivity contribution in [3.8, 4) is 11.5 Å². The molecule has 2 rings (SSSR count). The van der Waals surface area contributed by atoms with Crippen molar-refractivity contribution in [1.29, 1.82) is 0 Å². The number of hydrogen-bond donors (Lipinski definition) is 1. The van der Waals surface area contributed by atoms with Gasteiger partial charge >= 0.3 is 0 Å². The van der Waals surface area contributed by atoms with E-state index in [0.717, 1.165) is 9.13 Å². The van der Waals surface area contributed by atoms with Gasteiger partial charge in [0, 0.05) is 15.2 Å². The Morgan fingerprint density at radius 2 is 2.22 bits per heavy atom. The van der Waals surface area contributed by atoms with Crippen LogP contribution in [0.3, 0.4) is 0 Å². The lowest BCUT2D eigenvalue weighted by molar-refractivity contribution is 0.417. The van der Waals surface area contributed by atoms with Crippen LogP contribution in [0.1, 0.15) is 19.7 Å². The lowest BCUT2D eigenvalue weighted by atomic mass is 10.2. The molecule has 2 aromatic rings. The van der Waals surface area contributed by atoms with Crippen molar-refractivity contribution in [2.45, 2.75) is 26.4 Å². The second-order valence-electron chi connectivity index (χ2n) is 4.18. The van der Waals surface area contributed by atoms with Crippen molar-refractivity contribution in [1.82, 2.24) is 15.5 Å². The summed E-state index contributed by atoms with van der Waals surface area (Å²) in [5.74, 6) is 1.14. The van der Waals surface area contributed by atoms with E-state index in [2.05, 4.69) is 51.9 Å². The molecule has 4 nitrogen and oxygen atoms in total. The molecule has 1 N–H and O–H groups in total. The molecule has 0 saturated heterocycles. The molecule has 0 radical (unpaired) electrons. The van der Waals surface area contributed by atoms with Crippen LogP contribution in [0.25, 0.3) is 11.5 Å². The minimum atomic E-state index is 0.389. The lowest BCUT2D eigenvalue weighted by Crippen LogP contribution is -2.22. The summed E-state index contributed by atoms with van der Waals surface area (Å²) in [7, 11) is 0. The molecule has 0 amide bonds. The van der Waals surface area contributed by atoms with Crippen LogP contribution >= 0.6 is 34.2 Å². The van der Waals surface area contributed by atoms with Gasteiger partial charge in [0.1, 0.15) is 0 Å². The molecular formula is C12H13ClIN3O. The third kappa shape index (κ3) is 3.43. The molecule has 0 bridgehead atoms. The summed E-state index contributed by atoms with van der Waals surface area (Å²) in [6.07, 6.45) is 0. The van der Waals surface area contributed by atoms with Crippen LogP contribution in [0, 0.1) is 3.57 Å². The molecule has 0 spiro atoms. The number of hydrogen-bond acceptors (Lipinski definition) is 4. The van der Waals surface area contributed by atoms with Crippen molar-refractivity contribution in [3.05, 3.63) is 32.6 Å². The monoisotopic (exact) mass is 377 g/mol. The first-order valence-corrected chi connectivity index (χ1v) is 7.03. The Morgan fingerprint density at radius 3 is 2.89 bits per heavy atom. The third-order valence-corrected chi connectivity index (χ3v) is 3.88. The Kier molecular flexibility index (Phi) is 4.58. The first-order chi connectivity index (χ1) is 8.56. The molecule has 0 aliphatic heterocycles. The molecule has 0 fully saturated rings. The molecule has 1 heterocycles. The van der Waals surface area contributed by atoms with E-state index in [4.69, 9.17) is 16.1 Å². The van der Waals surface area contributed by atoms with Gasteiger partial charge in [-0.05, 0) is 40.8 Å². The number of benzene rings is 1. The van der Waals surface area contributed by atoms with Gasteiger partial charge in [0.2, 0.25) is 0 Å². The van der Waals surface area contributed by atoms with Gasteiger partial charge in [0.05, 0.1) is 11.6 Å². The zero-order valence-electron chi connectivity index (χ0n) is 10.1. The molecule has 0 aliphatic rings. The standard InChI is InChI=1S/C12H13ClIN3O/c1-7(2)15-6-11-16-12(18-17-11)8-3-4-10(14)9(13)5-8/h3-5,7,15H,6H2,1-2H3. The minimum Gasteiger partial charge on any atom is -0.334 e. The molecule has 18 heavy (non-hydrogen) atoms. The molecule has 0 unspecified atom stereocenters. The summed E-state index contributed by atoms with van der Waals surface area (Å²) in [5, 5.41) is 7.85. The zero-order valence-corrected chi connectivity index (χ0v) is 13.0. The molecule has 1 aromatic heterocycles. The van der Waals surface area contributed by atoms with Crippen LogP contribution in [0.5, 0.6) is 0 Å². The molecular weight excluding hydrogens is 365 g/mol. The van der Waals surface area contributed by atoms with Gasteiger partial charge in [-0.3, -0.25) is 0 Å². The van der Waals surface area contributed by atoms with E-state index < -0.39 is 0 Å². The van der Waals surface area contributed by atoms with E-state index in [-0.39, 0.29) is 0 Å². The highest BCUT2D eigenvalue weighted by Crippen LogP contribution is 2.25. The molecule has 0 aliphatic carbocycles. The average molecular weight is 378 g/mol. The molecule has 1 aromatic carbocycles. The summed E-state index contributed by atoms with van der Waals surface area (Å²) < 4.78 is 6.21. The van der Waals surface area contributed by atoms with E-state index in [0.29, 0.717) is 29.3 Å². The topological polar surface area (TPSA) is 51.0 Å². The number of nitrogens with zero attached hydrogens (tertiary/aromatic N) is 2. The highest BCUT2D eigenvalue weighted by molar-refractivity contribution is 14.1. The van der Waals surface area contributed by atoms with Crippen LogP contribution in [-0.4, -0.2) is 16.2 Å². The fraction of sp³-hybridized carbons (Fsp3) is 0.333. The molecule has 0 saturated carbocycles. The van der Waals surface area contributed by atoms with Crippen molar-refractivity contribution in [3.63, 3.8) is 0 Å². The first-order valence-electron chi connectivity index (χ1n) is 5.57. The van der Waals surface area contributed by atoms with Crippen molar-refractivity contribution >= 4 is 34.2 Å². The Morgan fingerprint density at radius 1 is 1.44 bits per heavy atom. The fourth-order valence-corrected chi connectivity index (χ4v) is 1.88. The van der Waals surface area contributed by atoms with Crippen molar-refractivity contribution < 1.29 is 4.52 Å². The summed E-state index contributed by atoms with van der Waals surface area (Å²) in [6.45, 7) is 4.74. The summed E-state index contributed by atoms with van der Waals surface area (Å²) in [5.41, 5.74) is 0.837. The fourth-order valence-electron chi connectivity index (χ4n) is 1.37. The van der Waals surface area contributed by atoms with Gasteiger partial charge in [0.15, 0.2) is 5.82 Å². The van der Waals surface area contributed by atoms with E-state index >= 15 is 0 Å². The maximum atomic E-state index is 6.06. The first kappa shape index (κ1) is 13.8. The van der Waals surface area contributed by atoms with Crippen molar-refractivity contribution in [2.24, 2.45) is 0 Å². The maximum Gasteiger partial charge on any atom is 0.258 e. The highest BCUT2D eigenvalue weighted by Gasteiger charge is 2.10. The summed E-state index contributed by atoms with van der Waals surface area (Å²) in [6, 6.07) is 6.06. The highest BCUT2D eigenvalue weighted by atomic mass is 127. The van der Waals surface area contributed by atoms with E-state index in [1.54, 1.807) is 0 Å². The predicted octanol–water partition coefficient (Wildman–Crippen LogP) is 3.49. The Bertz CT molecular complexity index is 542. The zero-order chi connectivity index (χ0) is 13.1. The number of nitrogens with one attached hydrogen (secondary N) is 1. The van der Waals surface area contributed by atoms with Crippen molar-refractivity contribution in [2.75, 3.05) is 0 Å². The minimum absolute atomic E-state index is 0.389. The van der Waals surface area contributed by atoms with Crippen LogP contribution < -0.4 is 5.32 Å². The number of halogens is 2.